The molecule has 4 aromatic carbocycles. The highest BCUT2D eigenvalue weighted by Crippen LogP contribution is 2.30. The Morgan fingerprint density at radius 3 is 1.34 bits per heavy atom. The van der Waals surface area contributed by atoms with Crippen molar-refractivity contribution in [3.05, 3.63) is 133 Å². The molecule has 208 valence electrons. The standard InChI is InChI=1S/C35H34N2O4/c1-6-34(38)40-32-20-16-30(17-21-32)36(4)28-12-8-26(9-13-28)24-25(3)27-10-14-29(15-11-27)37(5)31-18-22-33(23-19-31)41-35(39)7-2/h6-23,25H,1-2,24H2,3-5H3. The molecule has 41 heavy (non-hydrogen) atoms. The molecule has 1 unspecified atom stereocenters. The van der Waals surface area contributed by atoms with Gasteiger partial charge in [0.05, 0.1) is 0 Å². The second-order valence-corrected chi connectivity index (χ2v) is 9.72. The largest absolute Gasteiger partial charge is 0.423 e. The van der Waals surface area contributed by atoms with Gasteiger partial charge in [0.1, 0.15) is 11.5 Å². The SMILES string of the molecule is C=CC(=O)Oc1ccc(N(C)c2ccc(CC(C)c3ccc(N(C)c4ccc(OC(=O)C=C)cc4)cc3)cc2)cc1. The average molecular weight is 547 g/mol. The van der Waals surface area contributed by atoms with Gasteiger partial charge in [0.2, 0.25) is 0 Å². The van der Waals surface area contributed by atoms with Crippen molar-refractivity contribution in [2.45, 2.75) is 19.3 Å². The molecule has 1 atom stereocenters. The first-order valence-electron chi connectivity index (χ1n) is 13.3. The Bertz CT molecular complexity index is 1490. The molecule has 0 aliphatic carbocycles. The molecule has 0 saturated heterocycles. The first-order chi connectivity index (χ1) is 19.8. The smallest absolute Gasteiger partial charge is 0.335 e. The van der Waals surface area contributed by atoms with Gasteiger partial charge in [0, 0.05) is 49.0 Å². The summed E-state index contributed by atoms with van der Waals surface area (Å²) in [7, 11) is 4.01. The minimum absolute atomic E-state index is 0.350. The predicted molar refractivity (Wildman–Crippen MR) is 166 cm³/mol. The van der Waals surface area contributed by atoms with E-state index in [1.165, 1.54) is 11.1 Å². The number of esters is 2. The summed E-state index contributed by atoms with van der Waals surface area (Å²) in [6, 6.07) is 31.9. The van der Waals surface area contributed by atoms with E-state index >= 15 is 0 Å². The minimum Gasteiger partial charge on any atom is -0.423 e. The lowest BCUT2D eigenvalue weighted by atomic mass is 9.93. The van der Waals surface area contributed by atoms with E-state index in [9.17, 15) is 9.59 Å². The van der Waals surface area contributed by atoms with Crippen LogP contribution in [0.1, 0.15) is 24.0 Å². The molecular weight excluding hydrogens is 512 g/mol. The fourth-order valence-corrected chi connectivity index (χ4v) is 4.44. The van der Waals surface area contributed by atoms with Crippen molar-refractivity contribution in [3.63, 3.8) is 0 Å². The molecule has 6 nitrogen and oxygen atoms in total. The van der Waals surface area contributed by atoms with Gasteiger partial charge in [-0.3, -0.25) is 0 Å². The fraction of sp³-hybridized carbons (Fsp3) is 0.143. The summed E-state index contributed by atoms with van der Waals surface area (Å²) in [4.78, 5) is 27.0. The van der Waals surface area contributed by atoms with Gasteiger partial charge in [-0.25, -0.2) is 9.59 Å². The summed E-state index contributed by atoms with van der Waals surface area (Å²) in [6.45, 7) is 9.07. The molecule has 0 radical (unpaired) electrons. The molecule has 0 aliphatic heterocycles. The monoisotopic (exact) mass is 546 g/mol. The highest BCUT2D eigenvalue weighted by atomic mass is 16.5. The predicted octanol–water partition coefficient (Wildman–Crippen LogP) is 7.75. The van der Waals surface area contributed by atoms with Crippen molar-refractivity contribution in [3.8, 4) is 11.5 Å². The number of anilines is 4. The number of hydrogen-bond donors (Lipinski definition) is 0. The van der Waals surface area contributed by atoms with Gasteiger partial charge in [-0.2, -0.15) is 0 Å². The van der Waals surface area contributed by atoms with Gasteiger partial charge in [0.25, 0.3) is 0 Å². The molecule has 6 heteroatoms. The Labute approximate surface area is 241 Å². The van der Waals surface area contributed by atoms with E-state index in [1.54, 1.807) is 24.3 Å². The van der Waals surface area contributed by atoms with Crippen molar-refractivity contribution < 1.29 is 19.1 Å². The summed E-state index contributed by atoms with van der Waals surface area (Å²) in [5.74, 6) is 0.368. The van der Waals surface area contributed by atoms with E-state index < -0.39 is 11.9 Å². The zero-order chi connectivity index (χ0) is 29.4. The normalized spacial score (nSPS) is 11.2. The van der Waals surface area contributed by atoms with E-state index in [0.717, 1.165) is 41.3 Å². The summed E-state index contributed by atoms with van der Waals surface area (Å²) in [5, 5.41) is 0. The second kappa shape index (κ2) is 13.3. The van der Waals surface area contributed by atoms with Crippen LogP contribution < -0.4 is 19.3 Å². The molecule has 0 amide bonds. The van der Waals surface area contributed by atoms with E-state index in [1.807, 2.05) is 38.4 Å². The van der Waals surface area contributed by atoms with Crippen LogP contribution in [0.4, 0.5) is 22.7 Å². The Morgan fingerprint density at radius 1 is 0.634 bits per heavy atom. The number of carbonyl (C=O) groups is 2. The van der Waals surface area contributed by atoms with E-state index in [0.29, 0.717) is 17.4 Å². The van der Waals surface area contributed by atoms with Gasteiger partial charge >= 0.3 is 11.9 Å². The molecule has 0 heterocycles. The zero-order valence-electron chi connectivity index (χ0n) is 23.6. The molecule has 0 spiro atoms. The highest BCUT2D eigenvalue weighted by molar-refractivity contribution is 5.84. The molecule has 0 fully saturated rings. The summed E-state index contributed by atoms with van der Waals surface area (Å²) < 4.78 is 10.3. The number of benzene rings is 4. The van der Waals surface area contributed by atoms with Crippen LogP contribution in [0.5, 0.6) is 11.5 Å². The maximum absolute atomic E-state index is 11.4. The van der Waals surface area contributed by atoms with E-state index in [-0.39, 0.29) is 0 Å². The lowest BCUT2D eigenvalue weighted by molar-refractivity contribution is -0.129. The second-order valence-electron chi connectivity index (χ2n) is 9.72. The van der Waals surface area contributed by atoms with E-state index in [4.69, 9.17) is 9.47 Å². The van der Waals surface area contributed by atoms with Crippen LogP contribution in [-0.2, 0) is 16.0 Å². The number of carbonyl (C=O) groups excluding carboxylic acids is 2. The topological polar surface area (TPSA) is 59.1 Å². The lowest BCUT2D eigenvalue weighted by Crippen LogP contribution is -2.10. The van der Waals surface area contributed by atoms with Crippen molar-refractivity contribution in [1.29, 1.82) is 0 Å². The first-order valence-corrected chi connectivity index (χ1v) is 13.3. The van der Waals surface area contributed by atoms with Gasteiger partial charge in [-0.15, -0.1) is 0 Å². The van der Waals surface area contributed by atoms with Gasteiger partial charge in [0.15, 0.2) is 0 Å². The molecule has 4 aromatic rings. The number of rotatable bonds is 11. The fourth-order valence-electron chi connectivity index (χ4n) is 4.44. The Kier molecular flexibility index (Phi) is 9.38. The lowest BCUT2D eigenvalue weighted by Gasteiger charge is -2.21. The zero-order valence-corrected chi connectivity index (χ0v) is 23.6. The molecule has 4 rings (SSSR count). The van der Waals surface area contributed by atoms with E-state index in [2.05, 4.69) is 78.4 Å². The number of hydrogen-bond acceptors (Lipinski definition) is 6. The van der Waals surface area contributed by atoms with Gasteiger partial charge in [-0.05, 0) is 96.3 Å². The van der Waals surface area contributed by atoms with Gasteiger partial charge < -0.3 is 19.3 Å². The summed E-state index contributed by atoms with van der Waals surface area (Å²) in [6.07, 6.45) is 3.21. The van der Waals surface area contributed by atoms with Crippen molar-refractivity contribution in [2.24, 2.45) is 0 Å². The molecular formula is C35H34N2O4. The van der Waals surface area contributed by atoms with Crippen LogP contribution in [0.3, 0.4) is 0 Å². The van der Waals surface area contributed by atoms with Crippen LogP contribution in [0.25, 0.3) is 0 Å². The Balaban J connectivity index is 1.35. The highest BCUT2D eigenvalue weighted by Gasteiger charge is 2.11. The molecule has 0 saturated carbocycles. The number of ether oxygens (including phenoxy) is 2. The van der Waals surface area contributed by atoms with Crippen LogP contribution in [0.2, 0.25) is 0 Å². The number of nitrogens with zero attached hydrogens (tertiary/aromatic N) is 2. The Hall–Kier alpha value is -5.10. The summed E-state index contributed by atoms with van der Waals surface area (Å²) in [5.41, 5.74) is 6.64. The van der Waals surface area contributed by atoms with Crippen LogP contribution in [0, 0.1) is 0 Å². The quantitative estimate of drug-likeness (QED) is 0.109. The molecule has 0 N–H and O–H groups in total. The van der Waals surface area contributed by atoms with Crippen LogP contribution in [-0.4, -0.2) is 26.0 Å². The molecule has 0 aliphatic rings. The molecule has 0 bridgehead atoms. The van der Waals surface area contributed by atoms with Crippen LogP contribution in [0.15, 0.2) is 122 Å². The van der Waals surface area contributed by atoms with Crippen LogP contribution >= 0.6 is 0 Å². The molecule has 0 aromatic heterocycles. The van der Waals surface area contributed by atoms with Crippen molar-refractivity contribution in [1.82, 2.24) is 0 Å². The third-order valence-corrected chi connectivity index (χ3v) is 6.93. The van der Waals surface area contributed by atoms with Gasteiger partial charge in [-0.1, -0.05) is 44.3 Å². The van der Waals surface area contributed by atoms with Crippen molar-refractivity contribution >= 4 is 34.7 Å². The summed E-state index contributed by atoms with van der Waals surface area (Å²) >= 11 is 0. The average Bonchev–Trinajstić information content (AvgIpc) is 3.01. The third-order valence-electron chi connectivity index (χ3n) is 6.93. The Morgan fingerprint density at radius 2 is 0.976 bits per heavy atom. The third kappa shape index (κ3) is 7.51. The first kappa shape index (κ1) is 28.9. The van der Waals surface area contributed by atoms with Crippen molar-refractivity contribution in [2.75, 3.05) is 23.9 Å². The maximum atomic E-state index is 11.4. The minimum atomic E-state index is -0.476. The maximum Gasteiger partial charge on any atom is 0.335 e.